The summed E-state index contributed by atoms with van der Waals surface area (Å²) in [4.78, 5) is 4.02. The number of hydrazone groups is 1. The number of hydrogen-bond donors (Lipinski definition) is 2. The van der Waals surface area contributed by atoms with E-state index in [0.29, 0.717) is 27.8 Å². The van der Waals surface area contributed by atoms with Crippen molar-refractivity contribution in [1.29, 1.82) is 0 Å². The predicted molar refractivity (Wildman–Crippen MR) is 108 cm³/mol. The Kier molecular flexibility index (Phi) is 6.20. The van der Waals surface area contributed by atoms with Crippen LogP contribution in [0, 0.1) is 0 Å². The Labute approximate surface area is 171 Å². The van der Waals surface area contributed by atoms with Crippen molar-refractivity contribution in [3.63, 3.8) is 0 Å². The van der Waals surface area contributed by atoms with Crippen LogP contribution in [-0.4, -0.2) is 11.2 Å². The van der Waals surface area contributed by atoms with Gasteiger partial charge in [0.25, 0.3) is 0 Å². The van der Waals surface area contributed by atoms with E-state index < -0.39 is 11.7 Å². The number of hydrogen-bond acceptors (Lipinski definition) is 6. The lowest BCUT2D eigenvalue weighted by Gasteiger charge is -2.12. The second-order valence-electron chi connectivity index (χ2n) is 5.62. The maximum Gasteiger partial charge on any atom is 0.416 e. The first kappa shape index (κ1) is 20.2. The molecule has 0 unspecified atom stereocenters. The highest BCUT2D eigenvalue weighted by Crippen LogP contribution is 2.30. The van der Waals surface area contributed by atoms with Crippen molar-refractivity contribution in [2.75, 3.05) is 11.2 Å². The Morgan fingerprint density at radius 3 is 2.79 bits per heavy atom. The zero-order valence-corrected chi connectivity index (χ0v) is 16.6. The summed E-state index contributed by atoms with van der Waals surface area (Å²) in [6.45, 7) is -0.0111. The Hall–Kier alpha value is -2.59. The van der Waals surface area contributed by atoms with Crippen LogP contribution >= 0.6 is 27.3 Å². The highest BCUT2D eigenvalue weighted by molar-refractivity contribution is 9.10. The topological polar surface area (TPSA) is 72.5 Å². The summed E-state index contributed by atoms with van der Waals surface area (Å²) in [5.74, 6) is 0.875. The smallest absolute Gasteiger partial charge is 0.416 e. The summed E-state index contributed by atoms with van der Waals surface area (Å²) >= 11 is 4.68. The summed E-state index contributed by atoms with van der Waals surface area (Å²) in [5, 5.41) is 6.31. The first-order valence-corrected chi connectivity index (χ1v) is 9.57. The second-order valence-corrected chi connectivity index (χ2v) is 7.39. The van der Waals surface area contributed by atoms with E-state index >= 15 is 0 Å². The molecule has 0 aliphatic rings. The van der Waals surface area contributed by atoms with E-state index in [9.17, 15) is 13.2 Å². The van der Waals surface area contributed by atoms with Gasteiger partial charge in [0.2, 0.25) is 5.13 Å². The average molecular weight is 471 g/mol. The minimum Gasteiger partial charge on any atom is -0.488 e. The van der Waals surface area contributed by atoms with Crippen molar-refractivity contribution in [1.82, 2.24) is 4.98 Å². The third-order valence-corrected chi connectivity index (χ3v) is 4.76. The third kappa shape index (κ3) is 5.46. The van der Waals surface area contributed by atoms with Gasteiger partial charge in [-0.2, -0.15) is 18.3 Å². The van der Waals surface area contributed by atoms with Gasteiger partial charge in [0.1, 0.15) is 18.2 Å². The number of halogens is 4. The fourth-order valence-electron chi connectivity index (χ4n) is 2.24. The highest BCUT2D eigenvalue weighted by Gasteiger charge is 2.30. The van der Waals surface area contributed by atoms with Gasteiger partial charge in [-0.1, -0.05) is 28.1 Å². The van der Waals surface area contributed by atoms with Gasteiger partial charge in [0, 0.05) is 15.4 Å². The molecule has 3 rings (SSSR count). The number of anilines is 2. The molecule has 146 valence electrons. The van der Waals surface area contributed by atoms with Gasteiger partial charge in [-0.3, -0.25) is 5.43 Å². The van der Waals surface area contributed by atoms with Gasteiger partial charge in [-0.05, 0) is 35.9 Å². The number of alkyl halides is 3. The molecule has 5 nitrogen and oxygen atoms in total. The quantitative estimate of drug-likeness (QED) is 0.366. The number of rotatable bonds is 6. The largest absolute Gasteiger partial charge is 0.488 e. The van der Waals surface area contributed by atoms with Crippen LogP contribution in [0.15, 0.2) is 57.4 Å². The molecule has 0 saturated carbocycles. The van der Waals surface area contributed by atoms with E-state index in [0.717, 1.165) is 16.6 Å². The van der Waals surface area contributed by atoms with Gasteiger partial charge in [0.05, 0.1) is 11.8 Å². The molecule has 28 heavy (non-hydrogen) atoms. The molecule has 3 N–H and O–H groups in total. The van der Waals surface area contributed by atoms with Crippen LogP contribution in [0.25, 0.3) is 0 Å². The molecule has 0 spiro atoms. The molecule has 2 aromatic carbocycles. The summed E-state index contributed by atoms with van der Waals surface area (Å²) < 4.78 is 45.0. The molecule has 1 aromatic heterocycles. The van der Waals surface area contributed by atoms with Crippen LogP contribution in [0.1, 0.15) is 16.7 Å². The molecular formula is C18H14BrF3N4OS. The lowest BCUT2D eigenvalue weighted by Crippen LogP contribution is -2.06. The van der Waals surface area contributed by atoms with Gasteiger partial charge in [-0.15, -0.1) is 11.3 Å². The molecule has 10 heteroatoms. The number of thiazole rings is 1. The van der Waals surface area contributed by atoms with Crippen LogP contribution in [0.4, 0.5) is 24.1 Å². The fourth-order valence-corrected chi connectivity index (χ4v) is 3.17. The Bertz CT molecular complexity index is 991. The summed E-state index contributed by atoms with van der Waals surface area (Å²) in [6.07, 6.45) is -2.86. The maximum absolute atomic E-state index is 12.8. The summed E-state index contributed by atoms with van der Waals surface area (Å²) in [6, 6.07) is 10.3. The minimum atomic E-state index is -4.39. The molecular weight excluding hydrogens is 457 g/mol. The van der Waals surface area contributed by atoms with Crippen molar-refractivity contribution in [3.8, 4) is 5.75 Å². The SMILES string of the molecule is Nc1csc(NN=Cc2cc(Br)ccc2OCc2cccc(C(F)(F)F)c2)n1. The average Bonchev–Trinajstić information content (AvgIpc) is 3.06. The first-order chi connectivity index (χ1) is 13.3. The molecule has 0 aliphatic carbocycles. The van der Waals surface area contributed by atoms with Gasteiger partial charge in [0.15, 0.2) is 0 Å². The van der Waals surface area contributed by atoms with Crippen LogP contribution < -0.4 is 15.9 Å². The van der Waals surface area contributed by atoms with Crippen molar-refractivity contribution in [2.24, 2.45) is 5.10 Å². The predicted octanol–water partition coefficient (Wildman–Crippen LogP) is 5.53. The minimum absolute atomic E-state index is 0.0111. The lowest BCUT2D eigenvalue weighted by atomic mass is 10.1. The Balaban J connectivity index is 1.72. The van der Waals surface area contributed by atoms with Crippen LogP contribution in [0.2, 0.25) is 0 Å². The van der Waals surface area contributed by atoms with Crippen LogP contribution in [-0.2, 0) is 12.8 Å². The third-order valence-electron chi connectivity index (χ3n) is 3.51. The number of nitrogen functional groups attached to an aromatic ring is 1. The van der Waals surface area contributed by atoms with E-state index in [-0.39, 0.29) is 6.61 Å². The van der Waals surface area contributed by atoms with Crippen molar-refractivity contribution < 1.29 is 17.9 Å². The molecule has 0 bridgehead atoms. The normalized spacial score (nSPS) is 11.7. The lowest BCUT2D eigenvalue weighted by molar-refractivity contribution is -0.137. The molecule has 0 atom stereocenters. The zero-order valence-electron chi connectivity index (χ0n) is 14.2. The van der Waals surface area contributed by atoms with E-state index in [4.69, 9.17) is 10.5 Å². The molecule has 0 saturated heterocycles. The first-order valence-electron chi connectivity index (χ1n) is 7.90. The van der Waals surface area contributed by atoms with Gasteiger partial charge in [-0.25, -0.2) is 4.98 Å². The maximum atomic E-state index is 12.8. The second kappa shape index (κ2) is 8.61. The van der Waals surface area contributed by atoms with Gasteiger partial charge >= 0.3 is 6.18 Å². The number of benzene rings is 2. The Morgan fingerprint density at radius 2 is 2.07 bits per heavy atom. The summed E-state index contributed by atoms with van der Waals surface area (Å²) in [5.41, 5.74) is 8.65. The molecule has 0 amide bonds. The zero-order chi connectivity index (χ0) is 20.1. The van der Waals surface area contributed by atoms with Crippen LogP contribution in [0.5, 0.6) is 5.75 Å². The highest BCUT2D eigenvalue weighted by atomic mass is 79.9. The van der Waals surface area contributed by atoms with Crippen molar-refractivity contribution >= 4 is 44.4 Å². The standard InChI is InChI=1S/C18H14BrF3N4OS/c19-14-4-5-15(12(7-14)8-24-26-17-25-16(23)10-28-17)27-9-11-2-1-3-13(6-11)18(20,21)22/h1-8,10H,9,23H2,(H,25,26). The van der Waals surface area contributed by atoms with Crippen molar-refractivity contribution in [3.05, 3.63) is 69.0 Å². The number of nitrogens with two attached hydrogens (primary N) is 1. The molecule has 0 radical (unpaired) electrons. The molecule has 0 fully saturated rings. The number of nitrogens with one attached hydrogen (secondary N) is 1. The van der Waals surface area contributed by atoms with E-state index in [2.05, 4.69) is 31.4 Å². The van der Waals surface area contributed by atoms with E-state index in [1.54, 1.807) is 29.6 Å². The number of ether oxygens (including phenoxy) is 1. The molecule has 1 heterocycles. The molecule has 0 aliphatic heterocycles. The monoisotopic (exact) mass is 470 g/mol. The van der Waals surface area contributed by atoms with Gasteiger partial charge < -0.3 is 10.5 Å². The number of nitrogens with zero attached hydrogens (tertiary/aromatic N) is 2. The Morgan fingerprint density at radius 1 is 1.25 bits per heavy atom. The van der Waals surface area contributed by atoms with Crippen LogP contribution in [0.3, 0.4) is 0 Å². The summed E-state index contributed by atoms with van der Waals surface area (Å²) in [7, 11) is 0. The molecule has 3 aromatic rings. The van der Waals surface area contributed by atoms with E-state index in [1.165, 1.54) is 23.6 Å². The van der Waals surface area contributed by atoms with Crippen molar-refractivity contribution in [2.45, 2.75) is 12.8 Å². The van der Waals surface area contributed by atoms with E-state index in [1.807, 2.05) is 0 Å². The number of aromatic nitrogens is 1. The fraction of sp³-hybridized carbons (Fsp3) is 0.111.